The quantitative estimate of drug-likeness (QED) is 0.858. The third-order valence-corrected chi connectivity index (χ3v) is 5.49. The summed E-state index contributed by atoms with van der Waals surface area (Å²) < 4.78 is 18.0. The lowest BCUT2D eigenvalue weighted by Crippen LogP contribution is -2.36. The maximum atomic E-state index is 6.26. The van der Waals surface area contributed by atoms with Gasteiger partial charge in [0.05, 0.1) is 6.10 Å². The Kier molecular flexibility index (Phi) is 3.69. The molecule has 124 valence electrons. The number of fused-ring (bicyclic) bond motifs is 1. The van der Waals surface area contributed by atoms with Gasteiger partial charge in [0.2, 0.25) is 12.2 Å². The Hall–Kier alpha value is -1.39. The molecule has 4 heteroatoms. The Bertz CT molecular complexity index is 598. The summed E-state index contributed by atoms with van der Waals surface area (Å²) in [5, 5.41) is 0. The van der Waals surface area contributed by atoms with E-state index in [2.05, 4.69) is 13.8 Å². The van der Waals surface area contributed by atoms with Gasteiger partial charge in [-0.25, -0.2) is 4.99 Å². The van der Waals surface area contributed by atoms with Crippen molar-refractivity contribution in [1.29, 1.82) is 0 Å². The Labute approximate surface area is 137 Å². The highest BCUT2D eigenvalue weighted by Crippen LogP contribution is 2.47. The van der Waals surface area contributed by atoms with Gasteiger partial charge in [-0.1, -0.05) is 32.0 Å². The molecule has 2 heterocycles. The summed E-state index contributed by atoms with van der Waals surface area (Å²) in [5.74, 6) is 1.22. The molecule has 4 nitrogen and oxygen atoms in total. The molecule has 2 aliphatic heterocycles. The summed E-state index contributed by atoms with van der Waals surface area (Å²) in [4.78, 5) is 4.77. The summed E-state index contributed by atoms with van der Waals surface area (Å²) in [6.07, 6.45) is 3.42. The van der Waals surface area contributed by atoms with E-state index in [4.69, 9.17) is 19.2 Å². The van der Waals surface area contributed by atoms with Crippen molar-refractivity contribution in [3.8, 4) is 0 Å². The van der Waals surface area contributed by atoms with Crippen LogP contribution in [0.4, 0.5) is 0 Å². The van der Waals surface area contributed by atoms with E-state index in [-0.39, 0.29) is 24.5 Å². The van der Waals surface area contributed by atoms with E-state index in [0.29, 0.717) is 17.2 Å². The number of hydrogen-bond donors (Lipinski definition) is 0. The van der Waals surface area contributed by atoms with Gasteiger partial charge in [0.25, 0.3) is 0 Å². The largest absolute Gasteiger partial charge is 0.445 e. The van der Waals surface area contributed by atoms with Gasteiger partial charge in [0.15, 0.2) is 0 Å². The van der Waals surface area contributed by atoms with Gasteiger partial charge < -0.3 is 14.2 Å². The van der Waals surface area contributed by atoms with Crippen LogP contribution >= 0.6 is 0 Å². The number of hydrogen-bond acceptors (Lipinski definition) is 4. The monoisotopic (exact) mass is 315 g/mol. The number of nitrogens with zero attached hydrogens (tertiary/aromatic N) is 1. The number of aliphatic imine (C=N–C) groups is 1. The summed E-state index contributed by atoms with van der Waals surface area (Å²) in [7, 11) is 1.76. The minimum absolute atomic E-state index is 0.0138. The molecule has 5 atom stereocenters. The zero-order chi connectivity index (χ0) is 16.0. The van der Waals surface area contributed by atoms with Gasteiger partial charge in [-0.2, -0.15) is 0 Å². The highest BCUT2D eigenvalue weighted by Gasteiger charge is 2.54. The minimum atomic E-state index is -0.302. The van der Waals surface area contributed by atoms with Crippen molar-refractivity contribution in [3.05, 3.63) is 35.9 Å². The fourth-order valence-electron chi connectivity index (χ4n) is 4.32. The van der Waals surface area contributed by atoms with Crippen LogP contribution in [-0.4, -0.2) is 37.5 Å². The third-order valence-electron chi connectivity index (χ3n) is 5.49. The Balaban J connectivity index is 1.53. The molecule has 0 spiro atoms. The van der Waals surface area contributed by atoms with Crippen LogP contribution in [0.2, 0.25) is 0 Å². The molecule has 2 unspecified atom stereocenters. The molecule has 0 N–H and O–H groups in total. The van der Waals surface area contributed by atoms with Crippen LogP contribution in [0.3, 0.4) is 0 Å². The van der Waals surface area contributed by atoms with Crippen molar-refractivity contribution in [3.63, 3.8) is 0 Å². The molecule has 1 saturated heterocycles. The van der Waals surface area contributed by atoms with E-state index in [0.717, 1.165) is 5.56 Å². The molecule has 1 aromatic carbocycles. The Morgan fingerprint density at radius 1 is 1.22 bits per heavy atom. The van der Waals surface area contributed by atoms with Crippen LogP contribution in [0.25, 0.3) is 0 Å². The fourth-order valence-corrected chi connectivity index (χ4v) is 4.32. The number of benzene rings is 1. The lowest BCUT2D eigenvalue weighted by Gasteiger charge is -2.26. The molecular weight excluding hydrogens is 290 g/mol. The highest BCUT2D eigenvalue weighted by molar-refractivity contribution is 5.95. The Morgan fingerprint density at radius 3 is 2.65 bits per heavy atom. The molecule has 0 radical (unpaired) electrons. The van der Waals surface area contributed by atoms with Gasteiger partial charge in [0.1, 0.15) is 12.1 Å². The number of methoxy groups -OCH3 is 1. The van der Waals surface area contributed by atoms with Gasteiger partial charge in [0, 0.05) is 12.7 Å². The molecule has 0 amide bonds. The number of ether oxygens (including phenoxy) is 3. The van der Waals surface area contributed by atoms with E-state index in [1.807, 2.05) is 30.3 Å². The van der Waals surface area contributed by atoms with Crippen LogP contribution in [0.15, 0.2) is 35.3 Å². The molecule has 1 aliphatic carbocycles. The molecule has 2 fully saturated rings. The third kappa shape index (κ3) is 2.68. The standard InChI is InChI=1S/C19H25NO3/c1-19(2)10-9-13(11-19)15-16(21-3)14-18(22-15)23-17(20-14)12-7-5-4-6-8-12/h4-8,13-16,18H,9-11H2,1-3H3/t13-,14-,15?,16?,18-/m0/s1. The molecule has 1 aromatic rings. The first-order valence-electron chi connectivity index (χ1n) is 8.55. The predicted molar refractivity (Wildman–Crippen MR) is 88.4 cm³/mol. The van der Waals surface area contributed by atoms with Crippen LogP contribution in [0.1, 0.15) is 38.7 Å². The van der Waals surface area contributed by atoms with E-state index < -0.39 is 0 Å². The van der Waals surface area contributed by atoms with E-state index in [1.54, 1.807) is 7.11 Å². The molecular formula is C19H25NO3. The fraction of sp³-hybridized carbons (Fsp3) is 0.632. The molecule has 1 saturated carbocycles. The van der Waals surface area contributed by atoms with Crippen LogP contribution < -0.4 is 0 Å². The van der Waals surface area contributed by atoms with Crippen molar-refractivity contribution >= 4 is 5.90 Å². The maximum Gasteiger partial charge on any atom is 0.227 e. The van der Waals surface area contributed by atoms with E-state index in [9.17, 15) is 0 Å². The van der Waals surface area contributed by atoms with Crippen LogP contribution in [0, 0.1) is 11.3 Å². The second-order valence-electron chi connectivity index (χ2n) is 7.75. The van der Waals surface area contributed by atoms with Crippen LogP contribution in [-0.2, 0) is 14.2 Å². The lowest BCUT2D eigenvalue weighted by atomic mass is 9.87. The second kappa shape index (κ2) is 5.60. The molecule has 0 bridgehead atoms. The topological polar surface area (TPSA) is 40.0 Å². The number of rotatable bonds is 3. The summed E-state index contributed by atoms with van der Waals surface area (Å²) in [5.41, 5.74) is 1.41. The molecule has 23 heavy (non-hydrogen) atoms. The summed E-state index contributed by atoms with van der Waals surface area (Å²) >= 11 is 0. The van der Waals surface area contributed by atoms with Crippen molar-refractivity contribution in [2.75, 3.05) is 7.11 Å². The summed E-state index contributed by atoms with van der Waals surface area (Å²) in [6.45, 7) is 4.68. The SMILES string of the molecule is COC1C([C@H]2CCC(C)(C)C2)O[C@H]2OC(c3ccccc3)=N[C@@H]12. The van der Waals surface area contributed by atoms with Crippen molar-refractivity contribution in [1.82, 2.24) is 0 Å². The minimum Gasteiger partial charge on any atom is -0.445 e. The van der Waals surface area contributed by atoms with Crippen molar-refractivity contribution in [2.24, 2.45) is 16.3 Å². The summed E-state index contributed by atoms with van der Waals surface area (Å²) in [6, 6.07) is 9.95. The van der Waals surface area contributed by atoms with Gasteiger partial charge in [-0.15, -0.1) is 0 Å². The zero-order valence-electron chi connectivity index (χ0n) is 14.1. The van der Waals surface area contributed by atoms with E-state index >= 15 is 0 Å². The van der Waals surface area contributed by atoms with E-state index in [1.165, 1.54) is 19.3 Å². The van der Waals surface area contributed by atoms with Gasteiger partial charge in [-0.05, 0) is 42.7 Å². The second-order valence-corrected chi connectivity index (χ2v) is 7.75. The average Bonchev–Trinajstić information content (AvgIpc) is 3.19. The van der Waals surface area contributed by atoms with Gasteiger partial charge in [-0.3, -0.25) is 0 Å². The average molecular weight is 315 g/mol. The first-order chi connectivity index (χ1) is 11.1. The maximum absolute atomic E-state index is 6.26. The normalized spacial score (nSPS) is 38.2. The smallest absolute Gasteiger partial charge is 0.227 e. The Morgan fingerprint density at radius 2 is 2.00 bits per heavy atom. The zero-order valence-corrected chi connectivity index (χ0v) is 14.1. The highest BCUT2D eigenvalue weighted by atomic mass is 16.7. The first kappa shape index (κ1) is 15.2. The molecule has 4 rings (SSSR count). The molecule has 3 aliphatic rings. The van der Waals surface area contributed by atoms with Crippen molar-refractivity contribution < 1.29 is 14.2 Å². The lowest BCUT2D eigenvalue weighted by molar-refractivity contribution is -0.103. The predicted octanol–water partition coefficient (Wildman–Crippen LogP) is 3.40. The van der Waals surface area contributed by atoms with Crippen molar-refractivity contribution in [2.45, 2.75) is 57.6 Å². The first-order valence-corrected chi connectivity index (χ1v) is 8.55. The van der Waals surface area contributed by atoms with Crippen LogP contribution in [0.5, 0.6) is 0 Å². The van der Waals surface area contributed by atoms with Gasteiger partial charge >= 0.3 is 0 Å². The molecule has 0 aromatic heterocycles.